The van der Waals surface area contributed by atoms with Crippen LogP contribution in [-0.4, -0.2) is 134 Å². The Hall–Kier alpha value is -6.50. The number of likely N-dealkylation sites (tertiary alicyclic amines) is 2. The molecule has 5 saturated heterocycles. The molecule has 0 saturated carbocycles. The minimum Gasteiger partial charge on any atom is -0.382 e. The van der Waals surface area contributed by atoms with Crippen LogP contribution in [0.3, 0.4) is 0 Å². The van der Waals surface area contributed by atoms with Crippen LogP contribution in [0.2, 0.25) is 5.02 Å². The Labute approximate surface area is 371 Å². The molecule has 9 heterocycles. The number of piperidine rings is 2. The second kappa shape index (κ2) is 15.3. The normalized spacial score (nSPS) is 22.6. The lowest BCUT2D eigenvalue weighted by atomic mass is 9.71. The number of hydrogen-bond donors (Lipinski definition) is 3. The number of fused-ring (bicyclic) bond motifs is 2. The van der Waals surface area contributed by atoms with Crippen molar-refractivity contribution >= 4 is 69.9 Å². The smallest absolute Gasteiger partial charge is 0.262 e. The Morgan fingerprint density at radius 1 is 0.844 bits per heavy atom. The fourth-order valence-electron chi connectivity index (χ4n) is 10.5. The number of hydrogen-bond acceptors (Lipinski definition) is 13. The molecule has 0 aliphatic carbocycles. The van der Waals surface area contributed by atoms with Crippen LogP contribution >= 0.6 is 11.6 Å². The van der Waals surface area contributed by atoms with E-state index in [1.54, 1.807) is 36.7 Å². The number of pyridine rings is 1. The van der Waals surface area contributed by atoms with Crippen LogP contribution < -0.4 is 26.2 Å². The standard InChI is InChI=1S/C45H44ClFN12O5/c46-26-7-11-49-35(18-26)51-40(61)25-1-3-31(33(47)17-25)37-38-39(48)50-12-16-58(38)44(53-37)54-14-9-45(10-15-54)23-57(24-45)28-8-13-55(20-28)29-21-56(22-29)27-2-4-30-32(19-27)43(64)59(42(30)63)34-5-6-36(60)52-41(34)62/h1-4,7,11-12,16-19,28-29,34H,5-6,8-10,13-15,20-24H2,(H2,48,50)(H,49,51,61)(H,52,60,62)/t28-,34?/m1/s1. The molecule has 1 spiro atoms. The number of rotatable bonds is 8. The highest BCUT2D eigenvalue weighted by molar-refractivity contribution is 6.30. The maximum Gasteiger partial charge on any atom is 0.262 e. The monoisotopic (exact) mass is 886 g/mol. The number of halogens is 2. The summed E-state index contributed by atoms with van der Waals surface area (Å²) in [5.74, 6) is -1.99. The SMILES string of the molecule is Nc1nccn2c(N3CCC4(CC3)CN([C@@H]3CCN(C5CN(c6ccc7c(c6)C(=O)N(C6CCC(=O)NC6=O)C7=O)C5)C3)C4)nc(-c3ccc(C(=O)Nc4cc(Cl)ccn4)cc3F)c12. The van der Waals surface area contributed by atoms with Crippen LogP contribution in [-0.2, 0) is 9.59 Å². The number of carbonyl (C=O) groups is 5. The second-order valence-electron chi connectivity index (χ2n) is 17.9. The molecule has 11 rings (SSSR count). The zero-order chi connectivity index (χ0) is 44.0. The lowest BCUT2D eigenvalue weighted by Gasteiger charge is -2.56. The van der Waals surface area contributed by atoms with Gasteiger partial charge in [-0.05, 0) is 79.6 Å². The fraction of sp³-hybridized carbons (Fsp3) is 0.378. The van der Waals surface area contributed by atoms with E-state index in [4.69, 9.17) is 22.3 Å². The quantitative estimate of drug-likeness (QED) is 0.191. The topological polar surface area (TPSA) is 195 Å². The summed E-state index contributed by atoms with van der Waals surface area (Å²) in [7, 11) is 0. The van der Waals surface area contributed by atoms with Gasteiger partial charge in [-0.15, -0.1) is 0 Å². The molecule has 2 aromatic carbocycles. The van der Waals surface area contributed by atoms with E-state index in [0.29, 0.717) is 39.8 Å². The highest BCUT2D eigenvalue weighted by Crippen LogP contribution is 2.44. The molecule has 19 heteroatoms. The van der Waals surface area contributed by atoms with Crippen molar-refractivity contribution in [3.05, 3.63) is 94.7 Å². The van der Waals surface area contributed by atoms with Crippen molar-refractivity contribution in [2.75, 3.05) is 73.2 Å². The molecule has 0 radical (unpaired) electrons. The number of nitrogen functional groups attached to an aromatic ring is 1. The molecule has 6 aliphatic heterocycles. The van der Waals surface area contributed by atoms with E-state index in [2.05, 4.69) is 40.2 Å². The summed E-state index contributed by atoms with van der Waals surface area (Å²) in [6.07, 6.45) is 8.22. The van der Waals surface area contributed by atoms with E-state index >= 15 is 4.39 Å². The molecular formula is C45H44ClFN12O5. The van der Waals surface area contributed by atoms with Crippen molar-refractivity contribution in [1.29, 1.82) is 0 Å². The van der Waals surface area contributed by atoms with E-state index in [9.17, 15) is 24.0 Å². The largest absolute Gasteiger partial charge is 0.382 e. The number of imide groups is 2. The number of nitrogens with one attached hydrogen (secondary N) is 2. The number of aromatic nitrogens is 4. The van der Waals surface area contributed by atoms with Crippen LogP contribution in [0.5, 0.6) is 0 Å². The van der Waals surface area contributed by atoms with Gasteiger partial charge in [0.15, 0.2) is 0 Å². The predicted octanol–water partition coefficient (Wildman–Crippen LogP) is 3.68. The fourth-order valence-corrected chi connectivity index (χ4v) is 10.7. The molecule has 2 atom stereocenters. The Morgan fingerprint density at radius 3 is 2.39 bits per heavy atom. The molecule has 328 valence electrons. The van der Waals surface area contributed by atoms with E-state index in [1.807, 2.05) is 10.5 Å². The van der Waals surface area contributed by atoms with Gasteiger partial charge in [0.1, 0.15) is 34.7 Å². The molecule has 17 nitrogen and oxygen atoms in total. The molecule has 5 amide bonds. The maximum atomic E-state index is 15.9. The first-order valence-corrected chi connectivity index (χ1v) is 22.0. The summed E-state index contributed by atoms with van der Waals surface area (Å²) < 4.78 is 17.7. The van der Waals surface area contributed by atoms with Gasteiger partial charge in [-0.2, -0.15) is 0 Å². The summed E-state index contributed by atoms with van der Waals surface area (Å²) in [4.78, 5) is 87.6. The van der Waals surface area contributed by atoms with Crippen molar-refractivity contribution in [1.82, 2.24) is 39.4 Å². The van der Waals surface area contributed by atoms with E-state index < -0.39 is 41.4 Å². The van der Waals surface area contributed by atoms with Crippen molar-refractivity contribution in [2.45, 2.75) is 50.2 Å². The summed E-state index contributed by atoms with van der Waals surface area (Å²) >= 11 is 6.03. The summed E-state index contributed by atoms with van der Waals surface area (Å²) in [6, 6.07) is 12.6. The third-order valence-electron chi connectivity index (χ3n) is 14.1. The summed E-state index contributed by atoms with van der Waals surface area (Å²) in [5, 5.41) is 5.31. The van der Waals surface area contributed by atoms with Crippen LogP contribution in [0, 0.1) is 11.2 Å². The van der Waals surface area contributed by atoms with Gasteiger partial charge in [-0.3, -0.25) is 48.4 Å². The molecule has 0 bridgehead atoms. The van der Waals surface area contributed by atoms with Gasteiger partial charge in [0.2, 0.25) is 17.8 Å². The summed E-state index contributed by atoms with van der Waals surface area (Å²) in [6.45, 7) is 7.39. The molecule has 64 heavy (non-hydrogen) atoms. The minimum absolute atomic E-state index is 0.0839. The van der Waals surface area contributed by atoms with Gasteiger partial charge in [-0.25, -0.2) is 19.3 Å². The van der Waals surface area contributed by atoms with Crippen molar-refractivity contribution in [2.24, 2.45) is 5.41 Å². The molecule has 1 unspecified atom stereocenters. The Morgan fingerprint density at radius 2 is 1.62 bits per heavy atom. The number of carbonyl (C=O) groups excluding carboxylic acids is 5. The van der Waals surface area contributed by atoms with E-state index in [0.717, 1.165) is 82.2 Å². The third kappa shape index (κ3) is 6.82. The minimum atomic E-state index is -0.983. The van der Waals surface area contributed by atoms with Crippen LogP contribution in [0.1, 0.15) is 63.2 Å². The highest BCUT2D eigenvalue weighted by atomic mass is 35.5. The lowest BCUT2D eigenvalue weighted by Crippen LogP contribution is -2.64. The number of nitrogens with two attached hydrogens (primary N) is 1. The molecular weight excluding hydrogens is 843 g/mol. The first-order valence-electron chi connectivity index (χ1n) is 21.6. The third-order valence-corrected chi connectivity index (χ3v) is 14.3. The van der Waals surface area contributed by atoms with Crippen LogP contribution in [0.4, 0.5) is 27.7 Å². The predicted molar refractivity (Wildman–Crippen MR) is 235 cm³/mol. The highest BCUT2D eigenvalue weighted by Gasteiger charge is 2.50. The average Bonchev–Trinajstić information content (AvgIpc) is 3.95. The zero-order valence-electron chi connectivity index (χ0n) is 34.7. The second-order valence-corrected chi connectivity index (χ2v) is 18.3. The molecule has 5 aromatic rings. The van der Waals surface area contributed by atoms with Crippen molar-refractivity contribution in [3.8, 4) is 11.3 Å². The number of imidazole rings is 1. The van der Waals surface area contributed by atoms with E-state index in [-0.39, 0.29) is 46.6 Å². The molecule has 4 N–H and O–H groups in total. The molecule has 3 aromatic heterocycles. The van der Waals surface area contributed by atoms with Crippen LogP contribution in [0.15, 0.2) is 67.1 Å². The zero-order valence-corrected chi connectivity index (χ0v) is 35.4. The lowest BCUT2D eigenvalue weighted by molar-refractivity contribution is -0.136. The number of amides is 5. The summed E-state index contributed by atoms with van der Waals surface area (Å²) in [5.41, 5.74) is 9.28. The molecule has 6 aliphatic rings. The van der Waals surface area contributed by atoms with Gasteiger partial charge >= 0.3 is 0 Å². The van der Waals surface area contributed by atoms with Crippen molar-refractivity contribution < 1.29 is 28.4 Å². The first-order chi connectivity index (χ1) is 30.9. The van der Waals surface area contributed by atoms with Gasteiger partial charge in [-0.1, -0.05) is 11.6 Å². The first kappa shape index (κ1) is 40.3. The number of nitrogens with zero attached hydrogens (tertiary/aromatic N) is 9. The average molecular weight is 887 g/mol. The van der Waals surface area contributed by atoms with Gasteiger partial charge in [0.25, 0.3) is 17.7 Å². The maximum absolute atomic E-state index is 15.9. The Balaban J connectivity index is 0.690. The Kier molecular flexibility index (Phi) is 9.66. The van der Waals surface area contributed by atoms with Crippen molar-refractivity contribution in [3.63, 3.8) is 0 Å². The van der Waals surface area contributed by atoms with Gasteiger partial charge < -0.3 is 20.9 Å². The van der Waals surface area contributed by atoms with E-state index in [1.165, 1.54) is 24.4 Å². The number of benzene rings is 2. The Bertz CT molecular complexity index is 2800. The number of anilines is 4. The van der Waals surface area contributed by atoms with Crippen LogP contribution in [0.25, 0.3) is 16.8 Å². The van der Waals surface area contributed by atoms with Gasteiger partial charge in [0, 0.05) is 111 Å². The molecule has 5 fully saturated rings. The van der Waals surface area contributed by atoms with Gasteiger partial charge in [0.05, 0.1) is 11.1 Å².